The molecule has 2 aromatic rings. The molecular formula is C16H19FN4OS. The summed E-state index contributed by atoms with van der Waals surface area (Å²) in [5.74, 6) is 0.760. The minimum atomic E-state index is -0.746. The maximum absolute atomic E-state index is 13.0. The Morgan fingerprint density at radius 3 is 2.65 bits per heavy atom. The van der Waals surface area contributed by atoms with E-state index in [4.69, 9.17) is 5.73 Å². The van der Waals surface area contributed by atoms with Crippen molar-refractivity contribution >= 4 is 23.5 Å². The summed E-state index contributed by atoms with van der Waals surface area (Å²) in [5, 5.41) is 11.0. The Kier molecular flexibility index (Phi) is 4.16. The van der Waals surface area contributed by atoms with E-state index in [1.54, 1.807) is 12.1 Å². The van der Waals surface area contributed by atoms with E-state index >= 15 is 0 Å². The van der Waals surface area contributed by atoms with Crippen LogP contribution in [0.25, 0.3) is 0 Å². The van der Waals surface area contributed by atoms with Gasteiger partial charge < -0.3 is 15.7 Å². The lowest BCUT2D eigenvalue weighted by molar-refractivity contribution is 0.0443. The summed E-state index contributed by atoms with van der Waals surface area (Å²) in [4.78, 5) is 11.4. The second-order valence-corrected chi connectivity index (χ2v) is 7.21. The van der Waals surface area contributed by atoms with Crippen molar-refractivity contribution < 1.29 is 9.50 Å². The van der Waals surface area contributed by atoms with Gasteiger partial charge in [-0.2, -0.15) is 4.98 Å². The number of halogens is 1. The van der Waals surface area contributed by atoms with Crippen molar-refractivity contribution in [1.29, 1.82) is 0 Å². The van der Waals surface area contributed by atoms with Crippen LogP contribution in [0.5, 0.6) is 0 Å². The molecule has 3 N–H and O–H groups in total. The summed E-state index contributed by atoms with van der Waals surface area (Å²) in [6, 6.07) is 8.06. The zero-order chi connectivity index (χ0) is 16.6. The fourth-order valence-electron chi connectivity index (χ4n) is 2.58. The molecule has 2 unspecified atom stereocenters. The van der Waals surface area contributed by atoms with E-state index < -0.39 is 5.60 Å². The lowest BCUT2D eigenvalue weighted by Crippen LogP contribution is -2.33. The van der Waals surface area contributed by atoms with Gasteiger partial charge in [-0.15, -0.1) is 0 Å². The van der Waals surface area contributed by atoms with Gasteiger partial charge in [0.2, 0.25) is 5.95 Å². The van der Waals surface area contributed by atoms with E-state index in [1.165, 1.54) is 23.9 Å². The Morgan fingerprint density at radius 1 is 1.35 bits per heavy atom. The van der Waals surface area contributed by atoms with Crippen molar-refractivity contribution in [1.82, 2.24) is 9.97 Å². The first kappa shape index (κ1) is 16.0. The molecular weight excluding hydrogens is 315 g/mol. The van der Waals surface area contributed by atoms with Crippen molar-refractivity contribution in [2.24, 2.45) is 5.92 Å². The van der Waals surface area contributed by atoms with E-state index in [1.807, 2.05) is 24.8 Å². The number of nitrogens with two attached hydrogens (primary N) is 1. The van der Waals surface area contributed by atoms with Gasteiger partial charge in [0.15, 0.2) is 0 Å². The fourth-order valence-corrected chi connectivity index (χ4v) is 3.39. The van der Waals surface area contributed by atoms with Crippen LogP contribution in [0, 0.1) is 11.7 Å². The Labute approximate surface area is 138 Å². The molecule has 3 rings (SSSR count). The molecule has 0 amide bonds. The molecule has 23 heavy (non-hydrogen) atoms. The third kappa shape index (κ3) is 3.56. The summed E-state index contributed by atoms with van der Waals surface area (Å²) in [7, 11) is 0. The number of aliphatic hydroxyl groups is 1. The van der Waals surface area contributed by atoms with Crippen molar-refractivity contribution in [3.05, 3.63) is 36.1 Å². The monoisotopic (exact) mass is 334 g/mol. The van der Waals surface area contributed by atoms with E-state index in [0.717, 1.165) is 4.90 Å². The molecule has 1 saturated heterocycles. The van der Waals surface area contributed by atoms with Gasteiger partial charge in [0.1, 0.15) is 16.7 Å². The van der Waals surface area contributed by atoms with Gasteiger partial charge >= 0.3 is 0 Å². The topological polar surface area (TPSA) is 75.3 Å². The van der Waals surface area contributed by atoms with Crippen molar-refractivity contribution in [2.75, 3.05) is 23.7 Å². The zero-order valence-corrected chi connectivity index (χ0v) is 13.8. The Morgan fingerprint density at radius 2 is 2.04 bits per heavy atom. The molecule has 1 aromatic carbocycles. The van der Waals surface area contributed by atoms with E-state index in [9.17, 15) is 9.50 Å². The highest BCUT2D eigenvalue weighted by Crippen LogP contribution is 2.33. The van der Waals surface area contributed by atoms with E-state index in [2.05, 4.69) is 9.97 Å². The van der Waals surface area contributed by atoms with Crippen LogP contribution in [-0.4, -0.2) is 33.8 Å². The van der Waals surface area contributed by atoms with Gasteiger partial charge in [-0.1, -0.05) is 18.7 Å². The van der Waals surface area contributed by atoms with Crippen LogP contribution in [0.2, 0.25) is 0 Å². The first-order chi connectivity index (χ1) is 10.8. The number of nitrogens with zero attached hydrogens (tertiary/aromatic N) is 3. The summed E-state index contributed by atoms with van der Waals surface area (Å²) in [5.41, 5.74) is 5.08. The molecule has 0 saturated carbocycles. The number of anilines is 2. The summed E-state index contributed by atoms with van der Waals surface area (Å²) in [6.45, 7) is 5.06. The van der Waals surface area contributed by atoms with Crippen molar-refractivity contribution in [3.63, 3.8) is 0 Å². The van der Waals surface area contributed by atoms with E-state index in [0.29, 0.717) is 23.9 Å². The van der Waals surface area contributed by atoms with Crippen molar-refractivity contribution in [3.8, 4) is 0 Å². The number of β-amino-alcohol motifs (C(OH)–C–C–N with tert-alkyl or cyclic N) is 1. The molecule has 0 spiro atoms. The average molecular weight is 334 g/mol. The Hall–Kier alpha value is -1.86. The van der Waals surface area contributed by atoms with Crippen LogP contribution < -0.4 is 10.6 Å². The van der Waals surface area contributed by atoms with Crippen LogP contribution >= 0.6 is 11.8 Å². The highest BCUT2D eigenvalue weighted by molar-refractivity contribution is 7.99. The third-order valence-corrected chi connectivity index (χ3v) is 5.06. The number of benzene rings is 1. The van der Waals surface area contributed by atoms with Crippen LogP contribution in [0.4, 0.5) is 16.2 Å². The molecule has 0 bridgehead atoms. The summed E-state index contributed by atoms with van der Waals surface area (Å²) >= 11 is 1.40. The minimum Gasteiger partial charge on any atom is -0.388 e. The van der Waals surface area contributed by atoms with Crippen molar-refractivity contribution in [2.45, 2.75) is 29.4 Å². The Bertz CT molecular complexity index is 708. The lowest BCUT2D eigenvalue weighted by Gasteiger charge is -2.21. The highest BCUT2D eigenvalue weighted by atomic mass is 32.2. The molecule has 0 radical (unpaired) electrons. The molecule has 5 nitrogen and oxygen atoms in total. The van der Waals surface area contributed by atoms with Crippen LogP contribution in [-0.2, 0) is 0 Å². The van der Waals surface area contributed by atoms with Crippen LogP contribution in [0.1, 0.15) is 13.8 Å². The summed E-state index contributed by atoms with van der Waals surface area (Å²) in [6.07, 6.45) is 0. The average Bonchev–Trinajstić information content (AvgIpc) is 2.75. The SMILES string of the molecule is CC1CN(c2cc(Sc3ccc(F)cc3)nc(N)n2)CC1(C)O. The van der Waals surface area contributed by atoms with Gasteiger partial charge in [0, 0.05) is 30.0 Å². The number of nitrogen functional groups attached to an aromatic ring is 1. The standard InChI is InChI=1S/C16H19FN4OS/c1-10-8-21(9-16(10,2)22)13-7-14(20-15(18)19-13)23-12-5-3-11(17)4-6-12/h3-7,10,22H,8-9H2,1-2H3,(H2,18,19,20). The third-order valence-electron chi connectivity index (χ3n) is 4.13. The number of aromatic nitrogens is 2. The van der Waals surface area contributed by atoms with Gasteiger partial charge in [0.25, 0.3) is 0 Å². The first-order valence-corrected chi connectivity index (χ1v) is 8.20. The smallest absolute Gasteiger partial charge is 0.223 e. The zero-order valence-electron chi connectivity index (χ0n) is 13.0. The van der Waals surface area contributed by atoms with Gasteiger partial charge in [-0.25, -0.2) is 9.37 Å². The molecule has 1 aliphatic rings. The van der Waals surface area contributed by atoms with Gasteiger partial charge in [0.05, 0.1) is 5.60 Å². The molecule has 1 aliphatic heterocycles. The molecule has 2 atom stereocenters. The number of hydrogen-bond acceptors (Lipinski definition) is 6. The predicted octanol–water partition coefficient (Wildman–Crippen LogP) is 2.56. The highest BCUT2D eigenvalue weighted by Gasteiger charge is 2.39. The molecule has 1 fully saturated rings. The molecule has 122 valence electrons. The predicted molar refractivity (Wildman–Crippen MR) is 89.0 cm³/mol. The fraction of sp³-hybridized carbons (Fsp3) is 0.375. The maximum Gasteiger partial charge on any atom is 0.223 e. The molecule has 0 aliphatic carbocycles. The van der Waals surface area contributed by atoms with Crippen LogP contribution in [0.15, 0.2) is 40.3 Å². The second-order valence-electron chi connectivity index (χ2n) is 6.12. The quantitative estimate of drug-likeness (QED) is 0.840. The lowest BCUT2D eigenvalue weighted by atomic mass is 9.95. The van der Waals surface area contributed by atoms with E-state index in [-0.39, 0.29) is 17.7 Å². The molecule has 2 heterocycles. The summed E-state index contributed by atoms with van der Waals surface area (Å²) < 4.78 is 13.0. The number of hydrogen-bond donors (Lipinski definition) is 2. The first-order valence-electron chi connectivity index (χ1n) is 7.39. The number of rotatable bonds is 3. The van der Waals surface area contributed by atoms with Gasteiger partial charge in [-0.3, -0.25) is 0 Å². The van der Waals surface area contributed by atoms with Gasteiger partial charge in [-0.05, 0) is 31.2 Å². The normalized spacial score (nSPS) is 24.2. The molecule has 7 heteroatoms. The van der Waals surface area contributed by atoms with Crippen LogP contribution in [0.3, 0.4) is 0 Å². The largest absolute Gasteiger partial charge is 0.388 e. The Balaban J connectivity index is 1.83. The second kappa shape index (κ2) is 5.98. The minimum absolute atomic E-state index is 0.145. The maximum atomic E-state index is 13.0. The molecule has 1 aromatic heterocycles.